The van der Waals surface area contributed by atoms with Crippen molar-refractivity contribution < 1.29 is 13.9 Å². The first-order valence-electron chi connectivity index (χ1n) is 6.35. The lowest BCUT2D eigenvalue weighted by Crippen LogP contribution is -2.37. The van der Waals surface area contributed by atoms with E-state index >= 15 is 0 Å². The molecule has 1 heterocycles. The predicted octanol–water partition coefficient (Wildman–Crippen LogP) is 1.91. The van der Waals surface area contributed by atoms with Crippen molar-refractivity contribution in [2.75, 3.05) is 13.2 Å². The summed E-state index contributed by atoms with van der Waals surface area (Å²) >= 11 is 0. The quantitative estimate of drug-likeness (QED) is 0.831. The van der Waals surface area contributed by atoms with Gasteiger partial charge in [-0.05, 0) is 49.9 Å². The number of hydrogen-bond acceptors (Lipinski definition) is 3. The number of rotatable bonds is 4. The fourth-order valence-corrected chi connectivity index (χ4v) is 2.41. The van der Waals surface area contributed by atoms with Crippen LogP contribution in [0.2, 0.25) is 0 Å². The fourth-order valence-electron chi connectivity index (χ4n) is 2.41. The summed E-state index contributed by atoms with van der Waals surface area (Å²) in [5.74, 6) is -0.179. The SMILES string of the molecule is CCOC(=O)[C@@H]1NCC[C@@H]1Cc1ccc(F)cc1. The molecule has 2 rings (SSSR count). The van der Waals surface area contributed by atoms with Gasteiger partial charge in [0.25, 0.3) is 0 Å². The number of halogens is 1. The van der Waals surface area contributed by atoms with Crippen LogP contribution in [0.15, 0.2) is 24.3 Å². The van der Waals surface area contributed by atoms with Crippen LogP contribution < -0.4 is 5.32 Å². The molecule has 1 aromatic rings. The topological polar surface area (TPSA) is 38.3 Å². The Balaban J connectivity index is 1.99. The Bertz CT molecular complexity index is 405. The summed E-state index contributed by atoms with van der Waals surface area (Å²) in [5.41, 5.74) is 1.05. The number of ether oxygens (including phenoxy) is 1. The largest absolute Gasteiger partial charge is 0.465 e. The number of benzene rings is 1. The third-order valence-electron chi connectivity index (χ3n) is 3.30. The van der Waals surface area contributed by atoms with Gasteiger partial charge in [-0.2, -0.15) is 0 Å². The average Bonchev–Trinajstić information content (AvgIpc) is 2.81. The minimum atomic E-state index is -0.231. The number of nitrogens with one attached hydrogen (secondary N) is 1. The van der Waals surface area contributed by atoms with Gasteiger partial charge in [-0.1, -0.05) is 12.1 Å². The molecule has 1 N–H and O–H groups in total. The summed E-state index contributed by atoms with van der Waals surface area (Å²) in [6.45, 7) is 3.04. The minimum absolute atomic E-state index is 0.179. The lowest BCUT2D eigenvalue weighted by molar-refractivity contribution is -0.146. The Kier molecular flexibility index (Phi) is 4.31. The molecule has 0 bridgehead atoms. The molecular formula is C14H18FNO2. The number of hydrogen-bond donors (Lipinski definition) is 1. The molecule has 1 saturated heterocycles. The van der Waals surface area contributed by atoms with Crippen molar-refractivity contribution >= 4 is 5.97 Å². The molecule has 0 radical (unpaired) electrons. The van der Waals surface area contributed by atoms with Crippen LogP contribution in [0.4, 0.5) is 4.39 Å². The van der Waals surface area contributed by atoms with E-state index < -0.39 is 0 Å². The van der Waals surface area contributed by atoms with Crippen molar-refractivity contribution in [2.45, 2.75) is 25.8 Å². The standard InChI is InChI=1S/C14H18FNO2/c1-2-18-14(17)13-11(7-8-16-13)9-10-3-5-12(15)6-4-10/h3-6,11,13,16H,2,7-9H2,1H3/t11-,13-/m1/s1. The van der Waals surface area contributed by atoms with Gasteiger partial charge < -0.3 is 10.1 Å². The Morgan fingerprint density at radius 3 is 2.83 bits per heavy atom. The normalized spacial score (nSPS) is 23.0. The maximum absolute atomic E-state index is 12.8. The zero-order chi connectivity index (χ0) is 13.0. The molecule has 1 aliphatic heterocycles. The van der Waals surface area contributed by atoms with E-state index in [1.54, 1.807) is 12.1 Å². The van der Waals surface area contributed by atoms with Crippen LogP contribution in [0.1, 0.15) is 18.9 Å². The van der Waals surface area contributed by atoms with Gasteiger partial charge in [0, 0.05) is 0 Å². The van der Waals surface area contributed by atoms with Gasteiger partial charge in [0.1, 0.15) is 11.9 Å². The molecule has 1 aromatic carbocycles. The molecule has 3 nitrogen and oxygen atoms in total. The summed E-state index contributed by atoms with van der Waals surface area (Å²) in [5, 5.41) is 3.17. The Morgan fingerprint density at radius 1 is 1.44 bits per heavy atom. The molecule has 98 valence electrons. The summed E-state index contributed by atoms with van der Waals surface area (Å²) in [4.78, 5) is 11.8. The first kappa shape index (κ1) is 13.0. The summed E-state index contributed by atoms with van der Waals surface area (Å²) in [7, 11) is 0. The summed E-state index contributed by atoms with van der Waals surface area (Å²) in [6, 6.07) is 6.23. The van der Waals surface area contributed by atoms with Crippen LogP contribution in [0.5, 0.6) is 0 Å². The third-order valence-corrected chi connectivity index (χ3v) is 3.30. The van der Waals surface area contributed by atoms with Crippen LogP contribution >= 0.6 is 0 Å². The fraction of sp³-hybridized carbons (Fsp3) is 0.500. The van der Waals surface area contributed by atoms with E-state index in [2.05, 4.69) is 5.32 Å². The van der Waals surface area contributed by atoms with Gasteiger partial charge in [-0.3, -0.25) is 4.79 Å². The van der Waals surface area contributed by atoms with E-state index in [1.165, 1.54) is 12.1 Å². The summed E-state index contributed by atoms with van der Waals surface area (Å²) in [6.07, 6.45) is 1.72. The van der Waals surface area contributed by atoms with Crippen LogP contribution in [-0.4, -0.2) is 25.2 Å². The molecular weight excluding hydrogens is 233 g/mol. The maximum Gasteiger partial charge on any atom is 0.323 e. The average molecular weight is 251 g/mol. The van der Waals surface area contributed by atoms with Crippen LogP contribution in [0.25, 0.3) is 0 Å². The molecule has 0 unspecified atom stereocenters. The van der Waals surface area contributed by atoms with E-state index in [1.807, 2.05) is 6.92 Å². The van der Waals surface area contributed by atoms with Crippen molar-refractivity contribution in [3.05, 3.63) is 35.6 Å². The second-order valence-electron chi connectivity index (χ2n) is 4.56. The molecule has 18 heavy (non-hydrogen) atoms. The first-order chi connectivity index (χ1) is 8.70. The van der Waals surface area contributed by atoms with Crippen molar-refractivity contribution in [1.82, 2.24) is 5.32 Å². The Labute approximate surface area is 106 Å². The van der Waals surface area contributed by atoms with Gasteiger partial charge in [0.2, 0.25) is 0 Å². The first-order valence-corrected chi connectivity index (χ1v) is 6.35. The van der Waals surface area contributed by atoms with E-state index in [0.29, 0.717) is 6.61 Å². The highest BCUT2D eigenvalue weighted by Gasteiger charge is 2.33. The zero-order valence-corrected chi connectivity index (χ0v) is 10.5. The van der Waals surface area contributed by atoms with Crippen molar-refractivity contribution in [1.29, 1.82) is 0 Å². The molecule has 1 aliphatic rings. The maximum atomic E-state index is 12.8. The van der Waals surface area contributed by atoms with Crippen LogP contribution in [0.3, 0.4) is 0 Å². The predicted molar refractivity (Wildman–Crippen MR) is 66.6 cm³/mol. The molecule has 0 aromatic heterocycles. The highest BCUT2D eigenvalue weighted by atomic mass is 19.1. The van der Waals surface area contributed by atoms with E-state index in [4.69, 9.17) is 4.74 Å². The molecule has 0 spiro atoms. The van der Waals surface area contributed by atoms with Gasteiger partial charge >= 0.3 is 5.97 Å². The summed E-state index contributed by atoms with van der Waals surface area (Å²) < 4.78 is 17.9. The van der Waals surface area contributed by atoms with E-state index in [0.717, 1.165) is 24.9 Å². The van der Waals surface area contributed by atoms with Crippen molar-refractivity contribution in [3.8, 4) is 0 Å². The molecule has 0 amide bonds. The van der Waals surface area contributed by atoms with Gasteiger partial charge in [0.05, 0.1) is 6.61 Å². The van der Waals surface area contributed by atoms with Crippen molar-refractivity contribution in [3.63, 3.8) is 0 Å². The van der Waals surface area contributed by atoms with E-state index in [-0.39, 0.29) is 23.7 Å². The number of carbonyl (C=O) groups excluding carboxylic acids is 1. The van der Waals surface area contributed by atoms with Gasteiger partial charge in [-0.25, -0.2) is 4.39 Å². The smallest absolute Gasteiger partial charge is 0.323 e. The lowest BCUT2D eigenvalue weighted by atomic mass is 9.92. The Morgan fingerprint density at radius 2 is 2.17 bits per heavy atom. The van der Waals surface area contributed by atoms with Crippen LogP contribution in [-0.2, 0) is 16.0 Å². The van der Waals surface area contributed by atoms with Crippen molar-refractivity contribution in [2.24, 2.45) is 5.92 Å². The van der Waals surface area contributed by atoms with Crippen LogP contribution in [0, 0.1) is 11.7 Å². The van der Waals surface area contributed by atoms with Gasteiger partial charge in [-0.15, -0.1) is 0 Å². The number of esters is 1. The third kappa shape index (κ3) is 3.07. The highest BCUT2D eigenvalue weighted by Crippen LogP contribution is 2.22. The molecule has 1 fully saturated rings. The van der Waals surface area contributed by atoms with E-state index in [9.17, 15) is 9.18 Å². The highest BCUT2D eigenvalue weighted by molar-refractivity contribution is 5.76. The van der Waals surface area contributed by atoms with Gasteiger partial charge in [0.15, 0.2) is 0 Å². The lowest BCUT2D eigenvalue weighted by Gasteiger charge is -2.17. The molecule has 0 aliphatic carbocycles. The molecule has 0 saturated carbocycles. The second-order valence-corrected chi connectivity index (χ2v) is 4.56. The monoisotopic (exact) mass is 251 g/mol. The number of carbonyl (C=O) groups is 1. The molecule has 2 atom stereocenters. The second kappa shape index (κ2) is 5.96. The minimum Gasteiger partial charge on any atom is -0.465 e. The Hall–Kier alpha value is -1.42. The molecule has 4 heteroatoms. The zero-order valence-electron chi connectivity index (χ0n) is 10.5.